The molecule has 0 saturated heterocycles. The first kappa shape index (κ1) is 21.4. The Kier molecular flexibility index (Phi) is 5.48. The van der Waals surface area contributed by atoms with Crippen LogP contribution in [0.3, 0.4) is 0 Å². The van der Waals surface area contributed by atoms with Gasteiger partial charge in [0.25, 0.3) is 0 Å². The lowest BCUT2D eigenvalue weighted by Crippen LogP contribution is -2.38. The van der Waals surface area contributed by atoms with Gasteiger partial charge in [0, 0.05) is 44.7 Å². The van der Waals surface area contributed by atoms with E-state index in [0.717, 1.165) is 9.75 Å². The van der Waals surface area contributed by atoms with Crippen LogP contribution in [0.4, 0.5) is 0 Å². The molecule has 1 N–H and O–H groups in total. The van der Waals surface area contributed by atoms with E-state index in [1.54, 1.807) is 12.1 Å². The molecule has 8 heteroatoms. The van der Waals surface area contributed by atoms with E-state index < -0.39 is 11.8 Å². The van der Waals surface area contributed by atoms with Crippen LogP contribution in [0.5, 0.6) is 0 Å². The second-order valence-corrected chi connectivity index (χ2v) is 10.6. The Bertz CT molecular complexity index is 1140. The first-order valence-electron chi connectivity index (χ1n) is 9.28. The minimum absolute atomic E-state index is 0.0310. The van der Waals surface area contributed by atoms with Crippen molar-refractivity contribution in [1.29, 1.82) is 10.7 Å². The van der Waals surface area contributed by atoms with Crippen LogP contribution in [0.15, 0.2) is 35.6 Å². The van der Waals surface area contributed by atoms with Crippen molar-refractivity contribution in [2.24, 2.45) is 11.3 Å². The summed E-state index contributed by atoms with van der Waals surface area (Å²) in [5, 5.41) is 19.3. The first-order valence-corrected chi connectivity index (χ1v) is 11.2. The zero-order valence-electron chi connectivity index (χ0n) is 16.2. The van der Waals surface area contributed by atoms with Crippen LogP contribution in [0.1, 0.15) is 37.5 Å². The SMILES string of the molecule is CC1(C)CC(=O)C2=C(C1)OC(=N)C(C#N)C2c1ccc(-c2c(Cl)cc(Cl)cc2Cl)s1. The van der Waals surface area contributed by atoms with Crippen molar-refractivity contribution in [3.05, 3.63) is 55.5 Å². The van der Waals surface area contributed by atoms with Gasteiger partial charge in [0.15, 0.2) is 5.78 Å². The van der Waals surface area contributed by atoms with Gasteiger partial charge in [-0.3, -0.25) is 10.2 Å². The first-order chi connectivity index (χ1) is 14.1. The van der Waals surface area contributed by atoms with Gasteiger partial charge in [0.05, 0.1) is 16.1 Å². The van der Waals surface area contributed by atoms with Gasteiger partial charge in [0.2, 0.25) is 5.90 Å². The summed E-state index contributed by atoms with van der Waals surface area (Å²) in [6.45, 7) is 4.00. The molecule has 154 valence electrons. The molecule has 2 atom stereocenters. The number of carbonyl (C=O) groups excluding carboxylic acids is 1. The van der Waals surface area contributed by atoms with Gasteiger partial charge in [-0.05, 0) is 29.7 Å². The van der Waals surface area contributed by atoms with Gasteiger partial charge in [0.1, 0.15) is 11.7 Å². The molecule has 0 fully saturated rings. The number of hydrogen-bond acceptors (Lipinski definition) is 5. The third kappa shape index (κ3) is 3.67. The van der Waals surface area contributed by atoms with Crippen molar-refractivity contribution < 1.29 is 9.53 Å². The molecule has 1 aromatic heterocycles. The maximum absolute atomic E-state index is 13.0. The number of nitrogens with one attached hydrogen (secondary N) is 1. The highest BCUT2D eigenvalue weighted by atomic mass is 35.5. The molecule has 2 heterocycles. The maximum Gasteiger partial charge on any atom is 0.205 e. The number of carbonyl (C=O) groups is 1. The second-order valence-electron chi connectivity index (χ2n) is 8.27. The number of Topliss-reactive ketones (excluding diaryl/α,β-unsaturated/α-hetero) is 1. The summed E-state index contributed by atoms with van der Waals surface area (Å²) in [5.74, 6) is -1.05. The van der Waals surface area contributed by atoms with Crippen LogP contribution in [-0.2, 0) is 9.53 Å². The summed E-state index contributed by atoms with van der Waals surface area (Å²) in [4.78, 5) is 14.6. The minimum Gasteiger partial charge on any atom is -0.446 e. The number of benzene rings is 1. The number of ether oxygens (including phenoxy) is 1. The second kappa shape index (κ2) is 7.69. The van der Waals surface area contributed by atoms with Gasteiger partial charge in [-0.1, -0.05) is 48.7 Å². The van der Waals surface area contributed by atoms with E-state index in [-0.39, 0.29) is 17.1 Å². The molecule has 1 aromatic carbocycles. The molecule has 4 nitrogen and oxygen atoms in total. The quantitative estimate of drug-likeness (QED) is 0.493. The lowest BCUT2D eigenvalue weighted by molar-refractivity contribution is -0.119. The third-order valence-electron chi connectivity index (χ3n) is 5.36. The number of hydrogen-bond donors (Lipinski definition) is 1. The van der Waals surface area contributed by atoms with E-state index in [1.807, 2.05) is 26.0 Å². The molecule has 2 aromatic rings. The molecule has 2 unspecified atom stereocenters. The van der Waals surface area contributed by atoms with Gasteiger partial charge in [-0.15, -0.1) is 11.3 Å². The molecule has 0 bridgehead atoms. The van der Waals surface area contributed by atoms with Crippen LogP contribution in [0.25, 0.3) is 10.4 Å². The van der Waals surface area contributed by atoms with Gasteiger partial charge in [-0.25, -0.2) is 0 Å². The highest BCUT2D eigenvalue weighted by molar-refractivity contribution is 7.15. The van der Waals surface area contributed by atoms with E-state index in [0.29, 0.717) is 44.8 Å². The smallest absolute Gasteiger partial charge is 0.205 e. The number of nitriles is 1. The van der Waals surface area contributed by atoms with Gasteiger partial charge >= 0.3 is 0 Å². The molecule has 1 aliphatic heterocycles. The largest absolute Gasteiger partial charge is 0.446 e. The number of ketones is 1. The fourth-order valence-corrected chi connectivity index (χ4v) is 6.46. The van der Waals surface area contributed by atoms with Crippen molar-refractivity contribution in [3.8, 4) is 16.5 Å². The predicted molar refractivity (Wildman–Crippen MR) is 120 cm³/mol. The molecule has 4 rings (SSSR count). The molecule has 0 saturated carbocycles. The summed E-state index contributed by atoms with van der Waals surface area (Å²) in [6, 6.07) is 9.14. The zero-order chi connectivity index (χ0) is 21.8. The third-order valence-corrected chi connectivity index (χ3v) is 7.36. The Morgan fingerprint density at radius 1 is 1.20 bits per heavy atom. The Morgan fingerprint density at radius 2 is 1.87 bits per heavy atom. The molecular formula is C22H17Cl3N2O2S. The van der Waals surface area contributed by atoms with Crippen molar-refractivity contribution in [1.82, 2.24) is 0 Å². The van der Waals surface area contributed by atoms with E-state index in [1.165, 1.54) is 11.3 Å². The lowest BCUT2D eigenvalue weighted by atomic mass is 9.70. The number of allylic oxidation sites excluding steroid dienone is 2. The lowest BCUT2D eigenvalue weighted by Gasteiger charge is -2.38. The van der Waals surface area contributed by atoms with Crippen LogP contribution in [0.2, 0.25) is 15.1 Å². The fraction of sp³-hybridized carbons (Fsp3) is 0.318. The van der Waals surface area contributed by atoms with E-state index in [9.17, 15) is 10.1 Å². The van der Waals surface area contributed by atoms with Crippen LogP contribution in [-0.4, -0.2) is 11.7 Å². The standard InChI is InChI=1S/C22H17Cl3N2O2S/c1-22(2)7-14(28)20-15(8-22)29-21(27)11(9-26)18(20)16-3-4-17(30-16)19-12(24)5-10(23)6-13(19)25/h3-6,11,18,27H,7-8H2,1-2H3. The summed E-state index contributed by atoms with van der Waals surface area (Å²) < 4.78 is 5.66. The van der Waals surface area contributed by atoms with Crippen LogP contribution >= 0.6 is 46.1 Å². The topological polar surface area (TPSA) is 73.9 Å². The summed E-state index contributed by atoms with van der Waals surface area (Å²) >= 11 is 20.2. The van der Waals surface area contributed by atoms with Gasteiger partial charge in [-0.2, -0.15) is 5.26 Å². The number of thiophene rings is 1. The summed E-state index contributed by atoms with van der Waals surface area (Å²) in [5.41, 5.74) is 0.920. The van der Waals surface area contributed by atoms with Crippen molar-refractivity contribution in [3.63, 3.8) is 0 Å². The monoisotopic (exact) mass is 478 g/mol. The van der Waals surface area contributed by atoms with Gasteiger partial charge < -0.3 is 4.74 Å². The Labute approximate surface area is 193 Å². The van der Waals surface area contributed by atoms with Crippen molar-refractivity contribution in [2.75, 3.05) is 0 Å². The zero-order valence-corrected chi connectivity index (χ0v) is 19.3. The molecule has 0 amide bonds. The van der Waals surface area contributed by atoms with Crippen molar-refractivity contribution >= 4 is 57.8 Å². The molecule has 0 spiro atoms. The van der Waals surface area contributed by atoms with Crippen LogP contribution < -0.4 is 0 Å². The maximum atomic E-state index is 13.0. The Balaban J connectivity index is 1.84. The average Bonchev–Trinajstić information content (AvgIpc) is 3.07. The molecular weight excluding hydrogens is 463 g/mol. The number of halogens is 3. The number of nitrogens with zero attached hydrogens (tertiary/aromatic N) is 1. The van der Waals surface area contributed by atoms with Crippen molar-refractivity contribution in [2.45, 2.75) is 32.6 Å². The predicted octanol–water partition coefficient (Wildman–Crippen LogP) is 7.25. The van der Waals surface area contributed by atoms with E-state index >= 15 is 0 Å². The summed E-state index contributed by atoms with van der Waals surface area (Å²) in [6.07, 6.45) is 0.933. The normalized spacial score (nSPS) is 23.1. The van der Waals surface area contributed by atoms with E-state index in [4.69, 9.17) is 44.9 Å². The highest BCUT2D eigenvalue weighted by Crippen LogP contribution is 2.50. The van der Waals surface area contributed by atoms with Crippen LogP contribution in [0, 0.1) is 28.1 Å². The molecule has 2 aliphatic rings. The Hall–Kier alpha value is -1.84. The molecule has 0 radical (unpaired) electrons. The van der Waals surface area contributed by atoms with E-state index in [2.05, 4.69) is 6.07 Å². The average molecular weight is 480 g/mol. The minimum atomic E-state index is -0.864. The Morgan fingerprint density at radius 3 is 2.50 bits per heavy atom. The number of rotatable bonds is 2. The summed E-state index contributed by atoms with van der Waals surface area (Å²) in [7, 11) is 0. The molecule has 1 aliphatic carbocycles. The highest BCUT2D eigenvalue weighted by Gasteiger charge is 2.46. The fourth-order valence-electron chi connectivity index (χ4n) is 4.10. The molecule has 30 heavy (non-hydrogen) atoms.